The molecule has 17 heavy (non-hydrogen) atoms. The van der Waals surface area contributed by atoms with Crippen molar-refractivity contribution in [3.63, 3.8) is 0 Å². The summed E-state index contributed by atoms with van der Waals surface area (Å²) in [4.78, 5) is 11.4. The summed E-state index contributed by atoms with van der Waals surface area (Å²) in [6, 6.07) is 0.310. The SMILES string of the molecule is CCC(C)(C)n1cc(OC(=O)NC2CC2)cn1. The van der Waals surface area contributed by atoms with E-state index in [1.54, 1.807) is 12.4 Å². The van der Waals surface area contributed by atoms with Crippen molar-refractivity contribution in [3.8, 4) is 5.75 Å². The van der Waals surface area contributed by atoms with Gasteiger partial charge < -0.3 is 10.1 Å². The van der Waals surface area contributed by atoms with Gasteiger partial charge in [0.25, 0.3) is 0 Å². The molecule has 5 heteroatoms. The Balaban J connectivity index is 1.95. The van der Waals surface area contributed by atoms with E-state index in [1.165, 1.54) is 0 Å². The summed E-state index contributed by atoms with van der Waals surface area (Å²) in [5.74, 6) is 0.490. The van der Waals surface area contributed by atoms with Crippen LogP contribution in [0.25, 0.3) is 0 Å². The highest BCUT2D eigenvalue weighted by Gasteiger charge is 2.25. The topological polar surface area (TPSA) is 56.1 Å². The maximum Gasteiger partial charge on any atom is 0.412 e. The highest BCUT2D eigenvalue weighted by atomic mass is 16.6. The molecule has 1 amide bonds. The van der Waals surface area contributed by atoms with E-state index in [4.69, 9.17) is 4.74 Å². The minimum Gasteiger partial charge on any atom is -0.407 e. The molecule has 1 heterocycles. The molecule has 2 rings (SSSR count). The molecule has 1 aliphatic carbocycles. The lowest BCUT2D eigenvalue weighted by molar-refractivity contribution is 0.199. The molecule has 0 spiro atoms. The van der Waals surface area contributed by atoms with Crippen LogP contribution in [0.2, 0.25) is 0 Å². The number of nitrogens with zero attached hydrogens (tertiary/aromatic N) is 2. The number of carbonyl (C=O) groups excluding carboxylic acids is 1. The Hall–Kier alpha value is -1.52. The van der Waals surface area contributed by atoms with Crippen LogP contribution < -0.4 is 10.1 Å². The van der Waals surface area contributed by atoms with E-state index in [-0.39, 0.29) is 11.6 Å². The van der Waals surface area contributed by atoms with E-state index < -0.39 is 0 Å². The van der Waals surface area contributed by atoms with E-state index in [9.17, 15) is 4.79 Å². The molecule has 1 saturated carbocycles. The summed E-state index contributed by atoms with van der Waals surface area (Å²) in [6.45, 7) is 6.28. The Labute approximate surface area is 101 Å². The van der Waals surface area contributed by atoms with Crippen LogP contribution in [0.3, 0.4) is 0 Å². The molecule has 1 N–H and O–H groups in total. The van der Waals surface area contributed by atoms with Crippen molar-refractivity contribution in [2.24, 2.45) is 0 Å². The summed E-state index contributed by atoms with van der Waals surface area (Å²) in [5.41, 5.74) is -0.0609. The number of hydrogen-bond donors (Lipinski definition) is 1. The second kappa shape index (κ2) is 4.39. The number of rotatable bonds is 4. The quantitative estimate of drug-likeness (QED) is 0.874. The predicted octanol–water partition coefficient (Wildman–Crippen LogP) is 2.28. The van der Waals surface area contributed by atoms with Crippen molar-refractivity contribution < 1.29 is 9.53 Å². The van der Waals surface area contributed by atoms with Crippen molar-refractivity contribution in [2.75, 3.05) is 0 Å². The van der Waals surface area contributed by atoms with Crippen LogP contribution in [0.5, 0.6) is 5.75 Å². The Morgan fingerprint density at radius 2 is 2.35 bits per heavy atom. The normalized spacial score (nSPS) is 15.7. The largest absolute Gasteiger partial charge is 0.412 e. The smallest absolute Gasteiger partial charge is 0.407 e. The van der Waals surface area contributed by atoms with Crippen molar-refractivity contribution in [1.29, 1.82) is 0 Å². The van der Waals surface area contributed by atoms with Gasteiger partial charge in [-0.1, -0.05) is 6.92 Å². The molecule has 5 nitrogen and oxygen atoms in total. The summed E-state index contributed by atoms with van der Waals surface area (Å²) < 4.78 is 6.98. The third kappa shape index (κ3) is 2.99. The van der Waals surface area contributed by atoms with Gasteiger partial charge in [-0.2, -0.15) is 5.10 Å². The first-order chi connectivity index (χ1) is 8.01. The molecule has 0 atom stereocenters. The molecule has 94 valence electrons. The molecule has 0 bridgehead atoms. The Bertz CT molecular complexity index is 408. The van der Waals surface area contributed by atoms with Gasteiger partial charge in [0.1, 0.15) is 0 Å². The molecular weight excluding hydrogens is 218 g/mol. The van der Waals surface area contributed by atoms with Crippen LogP contribution in [-0.2, 0) is 5.54 Å². The Morgan fingerprint density at radius 3 is 2.94 bits per heavy atom. The average molecular weight is 237 g/mol. The van der Waals surface area contributed by atoms with Gasteiger partial charge in [0.15, 0.2) is 5.75 Å². The van der Waals surface area contributed by atoms with Gasteiger partial charge in [0.2, 0.25) is 0 Å². The van der Waals surface area contributed by atoms with Gasteiger partial charge in [-0.25, -0.2) is 4.79 Å². The first kappa shape index (κ1) is 12.0. The third-order valence-corrected chi connectivity index (χ3v) is 3.15. The monoisotopic (exact) mass is 237 g/mol. The van der Waals surface area contributed by atoms with Gasteiger partial charge in [0.05, 0.1) is 17.9 Å². The highest BCUT2D eigenvalue weighted by molar-refractivity contribution is 5.70. The minimum absolute atomic E-state index is 0.0609. The maximum atomic E-state index is 11.4. The molecule has 0 aliphatic heterocycles. The van der Waals surface area contributed by atoms with Crippen LogP contribution in [0.4, 0.5) is 4.79 Å². The minimum atomic E-state index is -0.388. The number of nitrogens with one attached hydrogen (secondary N) is 1. The molecular formula is C12H19N3O2. The zero-order valence-corrected chi connectivity index (χ0v) is 10.6. The van der Waals surface area contributed by atoms with E-state index in [1.807, 2.05) is 4.68 Å². The third-order valence-electron chi connectivity index (χ3n) is 3.15. The summed E-state index contributed by atoms with van der Waals surface area (Å²) in [6.07, 6.45) is 6.01. The summed E-state index contributed by atoms with van der Waals surface area (Å²) in [5, 5.41) is 6.98. The van der Waals surface area contributed by atoms with Crippen molar-refractivity contribution in [1.82, 2.24) is 15.1 Å². The van der Waals surface area contributed by atoms with Crippen LogP contribution in [0.1, 0.15) is 40.0 Å². The van der Waals surface area contributed by atoms with Crippen LogP contribution >= 0.6 is 0 Å². The van der Waals surface area contributed by atoms with Crippen molar-refractivity contribution >= 4 is 6.09 Å². The van der Waals surface area contributed by atoms with E-state index in [2.05, 4.69) is 31.2 Å². The second-order valence-corrected chi connectivity index (χ2v) is 5.09. The first-order valence-electron chi connectivity index (χ1n) is 6.05. The van der Waals surface area contributed by atoms with Gasteiger partial charge in [-0.3, -0.25) is 4.68 Å². The lowest BCUT2D eigenvalue weighted by atomic mass is 10.0. The average Bonchev–Trinajstić information content (AvgIpc) is 2.94. The summed E-state index contributed by atoms with van der Waals surface area (Å²) >= 11 is 0. The molecule has 1 fully saturated rings. The van der Waals surface area contributed by atoms with Crippen LogP contribution in [0, 0.1) is 0 Å². The molecule has 1 aliphatic rings. The lowest BCUT2D eigenvalue weighted by Gasteiger charge is -2.22. The standard InChI is InChI=1S/C12H19N3O2/c1-4-12(2,3)15-8-10(7-13-15)17-11(16)14-9-5-6-9/h7-9H,4-6H2,1-3H3,(H,14,16). The Kier molecular flexibility index (Phi) is 3.09. The van der Waals surface area contributed by atoms with Gasteiger partial charge >= 0.3 is 6.09 Å². The number of carbonyl (C=O) groups is 1. The molecule has 0 unspecified atom stereocenters. The molecule has 0 radical (unpaired) electrons. The molecule has 1 aromatic heterocycles. The van der Waals surface area contributed by atoms with Gasteiger partial charge in [-0.05, 0) is 33.1 Å². The van der Waals surface area contributed by atoms with E-state index in [0.717, 1.165) is 19.3 Å². The maximum absolute atomic E-state index is 11.4. The van der Waals surface area contributed by atoms with Crippen molar-refractivity contribution in [2.45, 2.75) is 51.6 Å². The fraction of sp³-hybridized carbons (Fsp3) is 0.667. The van der Waals surface area contributed by atoms with Crippen molar-refractivity contribution in [3.05, 3.63) is 12.4 Å². The molecule has 1 aromatic rings. The Morgan fingerprint density at radius 1 is 1.65 bits per heavy atom. The number of amides is 1. The number of hydrogen-bond acceptors (Lipinski definition) is 3. The summed E-state index contributed by atoms with van der Waals surface area (Å²) in [7, 11) is 0. The van der Waals surface area contributed by atoms with Crippen LogP contribution in [-0.4, -0.2) is 21.9 Å². The fourth-order valence-corrected chi connectivity index (χ4v) is 1.38. The second-order valence-electron chi connectivity index (χ2n) is 5.09. The fourth-order valence-electron chi connectivity index (χ4n) is 1.38. The number of aromatic nitrogens is 2. The van der Waals surface area contributed by atoms with E-state index >= 15 is 0 Å². The molecule has 0 aromatic carbocycles. The predicted molar refractivity (Wildman–Crippen MR) is 64.0 cm³/mol. The van der Waals surface area contributed by atoms with Gasteiger partial charge in [-0.15, -0.1) is 0 Å². The highest BCUT2D eigenvalue weighted by Crippen LogP contribution is 2.22. The first-order valence-corrected chi connectivity index (χ1v) is 6.05. The lowest BCUT2D eigenvalue weighted by Crippen LogP contribution is -2.28. The van der Waals surface area contributed by atoms with Gasteiger partial charge in [0, 0.05) is 6.04 Å². The van der Waals surface area contributed by atoms with E-state index in [0.29, 0.717) is 11.8 Å². The zero-order valence-electron chi connectivity index (χ0n) is 10.6. The molecule has 0 saturated heterocycles. The number of ether oxygens (including phenoxy) is 1. The zero-order chi connectivity index (χ0) is 12.5. The van der Waals surface area contributed by atoms with Crippen LogP contribution in [0.15, 0.2) is 12.4 Å².